The molecule has 0 saturated carbocycles. The lowest BCUT2D eigenvalue weighted by atomic mass is 10.1. The minimum Gasteiger partial charge on any atom is -0.464 e. The molecule has 0 bridgehead atoms. The quantitative estimate of drug-likeness (QED) is 0.753. The molecule has 5 heteroatoms. The summed E-state index contributed by atoms with van der Waals surface area (Å²) in [6.45, 7) is 3.55. The Morgan fingerprint density at radius 1 is 1.16 bits per heavy atom. The lowest BCUT2D eigenvalue weighted by Crippen LogP contribution is -2.51. The van der Waals surface area contributed by atoms with Crippen LogP contribution in [-0.2, 0) is 9.53 Å². The predicted octanol–water partition coefficient (Wildman–Crippen LogP) is 1.26. The number of carbonyl (C=O) groups is 1. The summed E-state index contributed by atoms with van der Waals surface area (Å²) >= 11 is 0. The van der Waals surface area contributed by atoms with Crippen LogP contribution in [-0.4, -0.2) is 49.7 Å². The second kappa shape index (κ2) is 5.17. The van der Waals surface area contributed by atoms with Crippen molar-refractivity contribution in [2.45, 2.75) is 12.5 Å². The van der Waals surface area contributed by atoms with Crippen LogP contribution in [0.25, 0.3) is 0 Å². The zero-order chi connectivity index (χ0) is 13.2. The van der Waals surface area contributed by atoms with Crippen molar-refractivity contribution in [1.82, 2.24) is 4.90 Å². The molecule has 0 radical (unpaired) electrons. The van der Waals surface area contributed by atoms with E-state index in [9.17, 15) is 9.18 Å². The molecule has 2 fully saturated rings. The van der Waals surface area contributed by atoms with Gasteiger partial charge >= 0.3 is 5.97 Å². The van der Waals surface area contributed by atoms with Crippen LogP contribution >= 0.6 is 0 Å². The Hall–Kier alpha value is -1.62. The van der Waals surface area contributed by atoms with Gasteiger partial charge in [-0.25, -0.2) is 4.39 Å². The van der Waals surface area contributed by atoms with E-state index < -0.39 is 0 Å². The van der Waals surface area contributed by atoms with Gasteiger partial charge in [-0.05, 0) is 12.1 Å². The van der Waals surface area contributed by atoms with Gasteiger partial charge < -0.3 is 9.64 Å². The van der Waals surface area contributed by atoms with E-state index in [-0.39, 0.29) is 17.8 Å². The largest absolute Gasteiger partial charge is 0.464 e. The molecule has 1 aromatic rings. The monoisotopic (exact) mass is 264 g/mol. The number of anilines is 1. The van der Waals surface area contributed by atoms with Crippen LogP contribution in [0.15, 0.2) is 24.3 Å². The van der Waals surface area contributed by atoms with Crippen molar-refractivity contribution in [1.29, 1.82) is 0 Å². The molecule has 2 aliphatic heterocycles. The van der Waals surface area contributed by atoms with Crippen LogP contribution in [0.1, 0.15) is 6.42 Å². The van der Waals surface area contributed by atoms with E-state index in [1.807, 2.05) is 11.0 Å². The first-order valence-electron chi connectivity index (χ1n) is 6.66. The first kappa shape index (κ1) is 12.4. The molecule has 1 atom stereocenters. The van der Waals surface area contributed by atoms with Gasteiger partial charge in [0.05, 0.1) is 12.3 Å². The maximum atomic E-state index is 13.7. The topological polar surface area (TPSA) is 32.8 Å². The number of cyclic esters (lactones) is 1. The van der Waals surface area contributed by atoms with E-state index in [0.29, 0.717) is 12.3 Å². The molecular formula is C14H17FN2O2. The van der Waals surface area contributed by atoms with E-state index >= 15 is 0 Å². The highest BCUT2D eigenvalue weighted by Crippen LogP contribution is 2.22. The third-order valence-electron chi connectivity index (χ3n) is 3.86. The molecule has 2 aliphatic rings. The third kappa shape index (κ3) is 2.42. The maximum Gasteiger partial charge on any atom is 0.323 e. The lowest BCUT2D eigenvalue weighted by Gasteiger charge is -2.37. The van der Waals surface area contributed by atoms with E-state index in [0.717, 1.165) is 32.6 Å². The number of nitrogens with zero attached hydrogens (tertiary/aromatic N) is 2. The van der Waals surface area contributed by atoms with Crippen molar-refractivity contribution in [3.05, 3.63) is 30.1 Å². The highest BCUT2D eigenvalue weighted by atomic mass is 19.1. The summed E-state index contributed by atoms with van der Waals surface area (Å²) in [5.41, 5.74) is 0.649. The van der Waals surface area contributed by atoms with Crippen molar-refractivity contribution in [3.63, 3.8) is 0 Å². The van der Waals surface area contributed by atoms with E-state index in [4.69, 9.17) is 4.74 Å². The average Bonchev–Trinajstić information content (AvgIpc) is 2.86. The molecule has 0 aromatic heterocycles. The number of para-hydroxylation sites is 1. The van der Waals surface area contributed by atoms with E-state index in [2.05, 4.69) is 4.90 Å². The number of esters is 1. The molecule has 2 heterocycles. The Balaban J connectivity index is 1.63. The van der Waals surface area contributed by atoms with Crippen LogP contribution in [0, 0.1) is 5.82 Å². The van der Waals surface area contributed by atoms with E-state index in [1.165, 1.54) is 6.07 Å². The molecule has 1 aromatic carbocycles. The normalized spacial score (nSPS) is 24.6. The molecule has 19 heavy (non-hydrogen) atoms. The van der Waals surface area contributed by atoms with Crippen LogP contribution in [0.3, 0.4) is 0 Å². The van der Waals surface area contributed by atoms with Crippen molar-refractivity contribution < 1.29 is 13.9 Å². The van der Waals surface area contributed by atoms with Crippen molar-refractivity contribution in [2.75, 3.05) is 37.7 Å². The predicted molar refractivity (Wildman–Crippen MR) is 69.6 cm³/mol. The zero-order valence-corrected chi connectivity index (χ0v) is 10.7. The summed E-state index contributed by atoms with van der Waals surface area (Å²) in [7, 11) is 0. The standard InChI is InChI=1S/C14H17FN2O2/c15-11-3-1-2-4-12(11)16-6-8-17(9-7-16)13-5-10-19-14(13)18/h1-4,13H,5-10H2/t13-/m0/s1. The molecule has 3 rings (SSSR count). The number of hydrogen-bond donors (Lipinski definition) is 0. The SMILES string of the molecule is O=C1OCC[C@@H]1N1CCN(c2ccccc2F)CC1. The first-order valence-corrected chi connectivity index (χ1v) is 6.66. The minimum atomic E-state index is -0.184. The molecule has 102 valence electrons. The molecule has 0 unspecified atom stereocenters. The summed E-state index contributed by atoms with van der Waals surface area (Å²) in [6, 6.07) is 6.73. The highest BCUT2D eigenvalue weighted by molar-refractivity contribution is 5.77. The van der Waals surface area contributed by atoms with Gasteiger partial charge in [-0.2, -0.15) is 0 Å². The Labute approximate surface area is 111 Å². The molecule has 0 N–H and O–H groups in total. The Bertz CT molecular complexity index is 472. The lowest BCUT2D eigenvalue weighted by molar-refractivity contribution is -0.142. The van der Waals surface area contributed by atoms with Gasteiger partial charge in [-0.1, -0.05) is 12.1 Å². The summed E-state index contributed by atoms with van der Waals surface area (Å²) in [5.74, 6) is -0.296. The third-order valence-corrected chi connectivity index (χ3v) is 3.86. The van der Waals surface area contributed by atoms with Gasteiger partial charge in [0.25, 0.3) is 0 Å². The fourth-order valence-electron chi connectivity index (χ4n) is 2.80. The number of rotatable bonds is 2. The Morgan fingerprint density at radius 3 is 2.53 bits per heavy atom. The summed E-state index contributed by atoms with van der Waals surface area (Å²) < 4.78 is 18.7. The summed E-state index contributed by atoms with van der Waals surface area (Å²) in [4.78, 5) is 15.7. The molecule has 0 aliphatic carbocycles. The number of halogens is 1. The maximum absolute atomic E-state index is 13.7. The molecule has 2 saturated heterocycles. The second-order valence-corrected chi connectivity index (χ2v) is 4.95. The fourth-order valence-corrected chi connectivity index (χ4v) is 2.80. The molecule has 0 spiro atoms. The van der Waals surface area contributed by atoms with Gasteiger partial charge in [0, 0.05) is 32.6 Å². The first-order chi connectivity index (χ1) is 9.25. The number of carbonyl (C=O) groups excluding carboxylic acids is 1. The highest BCUT2D eigenvalue weighted by Gasteiger charge is 2.34. The smallest absolute Gasteiger partial charge is 0.323 e. The van der Waals surface area contributed by atoms with Crippen LogP contribution in [0.5, 0.6) is 0 Å². The fraction of sp³-hybridized carbons (Fsp3) is 0.500. The van der Waals surface area contributed by atoms with Crippen LogP contribution in [0.2, 0.25) is 0 Å². The van der Waals surface area contributed by atoms with Gasteiger partial charge in [0.15, 0.2) is 0 Å². The van der Waals surface area contributed by atoms with Gasteiger partial charge in [0.2, 0.25) is 0 Å². The van der Waals surface area contributed by atoms with Crippen LogP contribution < -0.4 is 4.90 Å². The van der Waals surface area contributed by atoms with Gasteiger partial charge in [0.1, 0.15) is 11.9 Å². The number of piperazine rings is 1. The molecule has 4 nitrogen and oxygen atoms in total. The molecular weight excluding hydrogens is 247 g/mol. The number of hydrogen-bond acceptors (Lipinski definition) is 4. The van der Waals surface area contributed by atoms with Crippen molar-refractivity contribution in [3.8, 4) is 0 Å². The Morgan fingerprint density at radius 2 is 1.89 bits per heavy atom. The summed E-state index contributed by atoms with van der Waals surface area (Å²) in [6.07, 6.45) is 0.776. The zero-order valence-electron chi connectivity index (χ0n) is 10.7. The Kier molecular flexibility index (Phi) is 3.38. The second-order valence-electron chi connectivity index (χ2n) is 4.95. The minimum absolute atomic E-state index is 0.0947. The molecule has 0 amide bonds. The number of ether oxygens (including phenoxy) is 1. The van der Waals surface area contributed by atoms with E-state index in [1.54, 1.807) is 12.1 Å². The van der Waals surface area contributed by atoms with Gasteiger partial charge in [-0.3, -0.25) is 9.69 Å². The average molecular weight is 264 g/mol. The number of benzene rings is 1. The van der Waals surface area contributed by atoms with Crippen molar-refractivity contribution in [2.24, 2.45) is 0 Å². The summed E-state index contributed by atoms with van der Waals surface area (Å²) in [5, 5.41) is 0. The van der Waals surface area contributed by atoms with Crippen molar-refractivity contribution >= 4 is 11.7 Å². The van der Waals surface area contributed by atoms with Gasteiger partial charge in [-0.15, -0.1) is 0 Å². The van der Waals surface area contributed by atoms with Crippen LogP contribution in [0.4, 0.5) is 10.1 Å².